The van der Waals surface area contributed by atoms with Gasteiger partial charge < -0.3 is 19.6 Å². The number of carbonyl (C=O) groups excluding carboxylic acids is 1. The van der Waals surface area contributed by atoms with Crippen molar-refractivity contribution >= 4 is 16.9 Å². The molecule has 0 aliphatic carbocycles. The summed E-state index contributed by atoms with van der Waals surface area (Å²) in [6, 6.07) is 12.6. The van der Waals surface area contributed by atoms with Gasteiger partial charge in [-0.05, 0) is 55.2 Å². The average Bonchev–Trinajstić information content (AvgIpc) is 2.72. The van der Waals surface area contributed by atoms with Gasteiger partial charge in [0.05, 0.1) is 17.1 Å². The maximum atomic E-state index is 12.6. The molecule has 1 unspecified atom stereocenters. The zero-order chi connectivity index (χ0) is 22.8. The molecule has 0 saturated heterocycles. The standard InChI is InChI=1S/C24H29N3O4/c1-6-27-20-12-7-16(13-19(20)26-22(29)23(27)30)21(28)25-15(2)14-31-18-10-8-17(9-11-18)24(3,4)5/h7-13,15H,6,14H2,1-5H3,(H,25,28)(H,26,29). The van der Waals surface area contributed by atoms with E-state index in [2.05, 4.69) is 31.1 Å². The van der Waals surface area contributed by atoms with E-state index in [0.717, 1.165) is 5.75 Å². The third-order valence-electron chi connectivity index (χ3n) is 5.15. The van der Waals surface area contributed by atoms with Gasteiger partial charge in [0, 0.05) is 12.1 Å². The molecule has 0 fully saturated rings. The predicted octanol–water partition coefficient (Wildman–Crippen LogP) is 3.20. The van der Waals surface area contributed by atoms with Crippen LogP contribution in [-0.4, -0.2) is 28.1 Å². The maximum Gasteiger partial charge on any atom is 0.316 e. The summed E-state index contributed by atoms with van der Waals surface area (Å²) in [6.07, 6.45) is 0. The number of nitrogens with one attached hydrogen (secondary N) is 2. The lowest BCUT2D eigenvalue weighted by atomic mass is 9.87. The molecule has 1 aromatic heterocycles. The largest absolute Gasteiger partial charge is 0.491 e. The molecule has 1 heterocycles. The van der Waals surface area contributed by atoms with Gasteiger partial charge in [0.15, 0.2) is 0 Å². The minimum Gasteiger partial charge on any atom is -0.491 e. The summed E-state index contributed by atoms with van der Waals surface area (Å²) in [5.41, 5.74) is 1.42. The molecule has 2 N–H and O–H groups in total. The van der Waals surface area contributed by atoms with Crippen LogP contribution in [0.3, 0.4) is 0 Å². The number of aromatic nitrogens is 2. The Morgan fingerprint density at radius 1 is 1.13 bits per heavy atom. The predicted molar refractivity (Wildman–Crippen MR) is 122 cm³/mol. The van der Waals surface area contributed by atoms with Crippen molar-refractivity contribution in [3.8, 4) is 5.75 Å². The Labute approximate surface area is 181 Å². The molecule has 0 aliphatic heterocycles. The molecule has 7 nitrogen and oxygen atoms in total. The SMILES string of the molecule is CCn1c(=O)c(=O)[nH]c2cc(C(=O)NC(C)COc3ccc(C(C)(C)C)cc3)ccc21. The number of nitrogens with zero attached hydrogens (tertiary/aromatic N) is 1. The molecule has 0 aliphatic rings. The van der Waals surface area contributed by atoms with Crippen molar-refractivity contribution in [1.82, 2.24) is 14.9 Å². The van der Waals surface area contributed by atoms with Crippen molar-refractivity contribution in [1.29, 1.82) is 0 Å². The highest BCUT2D eigenvalue weighted by atomic mass is 16.5. The second-order valence-corrected chi connectivity index (χ2v) is 8.70. The number of aryl methyl sites for hydroxylation is 1. The second-order valence-electron chi connectivity index (χ2n) is 8.70. The first-order chi connectivity index (χ1) is 14.6. The van der Waals surface area contributed by atoms with Gasteiger partial charge in [-0.1, -0.05) is 32.9 Å². The van der Waals surface area contributed by atoms with Crippen LogP contribution in [0.25, 0.3) is 11.0 Å². The molecule has 7 heteroatoms. The Bertz CT molecular complexity index is 1200. The van der Waals surface area contributed by atoms with Gasteiger partial charge in [0.2, 0.25) is 0 Å². The lowest BCUT2D eigenvalue weighted by molar-refractivity contribution is 0.0926. The van der Waals surface area contributed by atoms with Crippen molar-refractivity contribution in [2.75, 3.05) is 6.61 Å². The first-order valence-electron chi connectivity index (χ1n) is 10.4. The third-order valence-corrected chi connectivity index (χ3v) is 5.15. The number of rotatable bonds is 6. The normalized spacial score (nSPS) is 12.5. The van der Waals surface area contributed by atoms with Gasteiger partial charge in [-0.15, -0.1) is 0 Å². The lowest BCUT2D eigenvalue weighted by Crippen LogP contribution is -2.37. The number of carbonyl (C=O) groups is 1. The van der Waals surface area contributed by atoms with Crippen molar-refractivity contribution in [2.45, 2.75) is 52.6 Å². The number of aromatic amines is 1. The Morgan fingerprint density at radius 3 is 2.42 bits per heavy atom. The number of hydrogen-bond donors (Lipinski definition) is 2. The van der Waals surface area contributed by atoms with Crippen LogP contribution in [0.1, 0.15) is 50.5 Å². The quantitative estimate of drug-likeness (QED) is 0.596. The van der Waals surface area contributed by atoms with Crippen LogP contribution >= 0.6 is 0 Å². The van der Waals surface area contributed by atoms with E-state index in [1.165, 1.54) is 10.1 Å². The van der Waals surface area contributed by atoms with Crippen molar-refractivity contribution in [2.24, 2.45) is 0 Å². The molecule has 0 bridgehead atoms. The molecule has 3 rings (SSSR count). The van der Waals surface area contributed by atoms with Crippen LogP contribution in [0, 0.1) is 0 Å². The van der Waals surface area contributed by atoms with E-state index in [9.17, 15) is 14.4 Å². The first-order valence-corrected chi connectivity index (χ1v) is 10.4. The second kappa shape index (κ2) is 8.79. The Hall–Kier alpha value is -3.35. The number of ether oxygens (including phenoxy) is 1. The lowest BCUT2D eigenvalue weighted by Gasteiger charge is -2.20. The minimum atomic E-state index is -0.703. The Balaban J connectivity index is 1.67. The van der Waals surface area contributed by atoms with E-state index in [-0.39, 0.29) is 17.4 Å². The van der Waals surface area contributed by atoms with Crippen LogP contribution in [-0.2, 0) is 12.0 Å². The van der Waals surface area contributed by atoms with Gasteiger partial charge in [0.25, 0.3) is 5.91 Å². The molecule has 31 heavy (non-hydrogen) atoms. The highest BCUT2D eigenvalue weighted by molar-refractivity contribution is 5.97. The van der Waals surface area contributed by atoms with Gasteiger partial charge >= 0.3 is 11.1 Å². The van der Waals surface area contributed by atoms with Crippen molar-refractivity contribution in [3.63, 3.8) is 0 Å². The fourth-order valence-electron chi connectivity index (χ4n) is 3.36. The zero-order valence-electron chi connectivity index (χ0n) is 18.6. The molecule has 1 atom stereocenters. The number of amides is 1. The molecule has 1 amide bonds. The van der Waals surface area contributed by atoms with E-state index in [4.69, 9.17) is 4.74 Å². The Morgan fingerprint density at radius 2 is 1.81 bits per heavy atom. The first kappa shape index (κ1) is 22.3. The molecule has 2 aromatic carbocycles. The van der Waals surface area contributed by atoms with Crippen molar-refractivity contribution < 1.29 is 9.53 Å². The van der Waals surface area contributed by atoms with Crippen LogP contribution < -0.4 is 21.2 Å². The highest BCUT2D eigenvalue weighted by Crippen LogP contribution is 2.24. The highest BCUT2D eigenvalue weighted by Gasteiger charge is 2.15. The summed E-state index contributed by atoms with van der Waals surface area (Å²) >= 11 is 0. The third kappa shape index (κ3) is 5.05. The molecule has 0 saturated carbocycles. The fraction of sp³-hybridized carbons (Fsp3) is 0.375. The summed E-state index contributed by atoms with van der Waals surface area (Å²) in [5, 5.41) is 2.90. The molecule has 3 aromatic rings. The van der Waals surface area contributed by atoms with E-state index < -0.39 is 11.1 Å². The van der Waals surface area contributed by atoms with E-state index in [1.807, 2.05) is 31.2 Å². The number of hydrogen-bond acceptors (Lipinski definition) is 4. The summed E-state index contributed by atoms with van der Waals surface area (Å²) < 4.78 is 7.19. The van der Waals surface area contributed by atoms with Crippen LogP contribution in [0.5, 0.6) is 5.75 Å². The monoisotopic (exact) mass is 423 g/mol. The van der Waals surface area contributed by atoms with E-state index >= 15 is 0 Å². The molecular formula is C24H29N3O4. The molecule has 0 radical (unpaired) electrons. The van der Waals surface area contributed by atoms with Crippen LogP contribution in [0.15, 0.2) is 52.1 Å². The molecule has 164 valence electrons. The van der Waals surface area contributed by atoms with E-state index in [1.54, 1.807) is 25.1 Å². The molecule has 0 spiro atoms. The number of benzene rings is 2. The summed E-state index contributed by atoms with van der Waals surface area (Å²) in [4.78, 5) is 39.0. The fourth-order valence-corrected chi connectivity index (χ4v) is 3.36. The van der Waals surface area contributed by atoms with E-state index in [0.29, 0.717) is 29.7 Å². The minimum absolute atomic E-state index is 0.0790. The van der Waals surface area contributed by atoms with Gasteiger partial charge in [-0.3, -0.25) is 14.4 Å². The van der Waals surface area contributed by atoms with Crippen LogP contribution in [0.2, 0.25) is 0 Å². The summed E-state index contributed by atoms with van der Waals surface area (Å²) in [5.74, 6) is 0.464. The smallest absolute Gasteiger partial charge is 0.316 e. The van der Waals surface area contributed by atoms with Crippen LogP contribution in [0.4, 0.5) is 0 Å². The maximum absolute atomic E-state index is 12.6. The van der Waals surface area contributed by atoms with Gasteiger partial charge in [-0.25, -0.2) is 0 Å². The van der Waals surface area contributed by atoms with Crippen molar-refractivity contribution in [3.05, 3.63) is 74.3 Å². The summed E-state index contributed by atoms with van der Waals surface area (Å²) in [7, 11) is 0. The number of H-pyrrole nitrogens is 1. The zero-order valence-corrected chi connectivity index (χ0v) is 18.6. The Kier molecular flexibility index (Phi) is 6.34. The number of fused-ring (bicyclic) bond motifs is 1. The van der Waals surface area contributed by atoms with Gasteiger partial charge in [-0.2, -0.15) is 0 Å². The molecular weight excluding hydrogens is 394 g/mol. The van der Waals surface area contributed by atoms with Gasteiger partial charge in [0.1, 0.15) is 12.4 Å². The average molecular weight is 424 g/mol. The summed E-state index contributed by atoms with van der Waals surface area (Å²) in [6.45, 7) is 10.8. The topological polar surface area (TPSA) is 93.2 Å².